The third kappa shape index (κ3) is 4.34. The van der Waals surface area contributed by atoms with Crippen molar-refractivity contribution in [1.29, 1.82) is 0 Å². The Kier molecular flexibility index (Phi) is 6.39. The molecule has 1 aliphatic heterocycles. The van der Waals surface area contributed by atoms with E-state index in [-0.39, 0.29) is 23.9 Å². The Balaban J connectivity index is 1.35. The molecule has 2 aromatic heterocycles. The summed E-state index contributed by atoms with van der Waals surface area (Å²) >= 11 is 7.63. The minimum Gasteiger partial charge on any atom is -0.351 e. The topological polar surface area (TPSA) is 72.5 Å². The Morgan fingerprint density at radius 2 is 1.82 bits per heavy atom. The van der Waals surface area contributed by atoms with Crippen molar-refractivity contribution in [3.8, 4) is 0 Å². The average Bonchev–Trinajstić information content (AvgIpc) is 3.45. The van der Waals surface area contributed by atoms with Gasteiger partial charge in [0.15, 0.2) is 5.01 Å². The number of aromatic amines is 1. The molecule has 0 bridgehead atoms. The fourth-order valence-corrected chi connectivity index (χ4v) is 6.62. The Morgan fingerprint density at radius 3 is 2.56 bits per heavy atom. The summed E-state index contributed by atoms with van der Waals surface area (Å²) in [7, 11) is 5.80. The van der Waals surface area contributed by atoms with Crippen molar-refractivity contribution >= 4 is 45.7 Å². The van der Waals surface area contributed by atoms with Crippen LogP contribution in [0.1, 0.15) is 56.5 Å². The molecule has 1 aromatic carbocycles. The Bertz CT molecular complexity index is 1240. The van der Waals surface area contributed by atoms with Crippen LogP contribution < -0.4 is 0 Å². The molecule has 7 nitrogen and oxygen atoms in total. The molecule has 1 aliphatic carbocycles. The minimum absolute atomic E-state index is 0.0416. The second-order valence-corrected chi connectivity index (χ2v) is 11.1. The summed E-state index contributed by atoms with van der Waals surface area (Å²) in [4.78, 5) is 41.8. The lowest BCUT2D eigenvalue weighted by atomic mass is 9.88. The molecule has 0 radical (unpaired) electrons. The average molecular weight is 500 g/mol. The zero-order valence-electron chi connectivity index (χ0n) is 19.8. The first kappa shape index (κ1) is 23.3. The van der Waals surface area contributed by atoms with Crippen LogP contribution in [0.4, 0.5) is 0 Å². The lowest BCUT2D eigenvalue weighted by Crippen LogP contribution is -2.54. The van der Waals surface area contributed by atoms with E-state index in [1.54, 1.807) is 0 Å². The molecule has 2 atom stereocenters. The quantitative estimate of drug-likeness (QED) is 0.576. The van der Waals surface area contributed by atoms with Crippen LogP contribution in [0.15, 0.2) is 24.3 Å². The smallest absolute Gasteiger partial charge is 0.282 e. The SMILES string of the molecule is CN1CCc2nc(C(=O)N(C)[C@H]3CCCC[C@H]3N(C)C(=O)c3cc4cc(Cl)ccc4[nH]3)sc2C1. The van der Waals surface area contributed by atoms with E-state index in [0.717, 1.165) is 61.8 Å². The molecule has 0 spiro atoms. The molecule has 1 saturated carbocycles. The van der Waals surface area contributed by atoms with Crippen LogP contribution in [0, 0.1) is 0 Å². The van der Waals surface area contributed by atoms with Crippen molar-refractivity contribution in [3.63, 3.8) is 0 Å². The number of fused-ring (bicyclic) bond motifs is 2. The number of hydrogen-bond donors (Lipinski definition) is 1. The fourth-order valence-electron chi connectivity index (χ4n) is 5.27. The van der Waals surface area contributed by atoms with Crippen LogP contribution in [0.5, 0.6) is 0 Å². The summed E-state index contributed by atoms with van der Waals surface area (Å²) in [6, 6.07) is 7.30. The molecule has 0 unspecified atom stereocenters. The van der Waals surface area contributed by atoms with Crippen LogP contribution >= 0.6 is 22.9 Å². The summed E-state index contributed by atoms with van der Waals surface area (Å²) < 4.78 is 0. The molecule has 34 heavy (non-hydrogen) atoms. The van der Waals surface area contributed by atoms with Crippen molar-refractivity contribution in [2.24, 2.45) is 0 Å². The maximum Gasteiger partial charge on any atom is 0.282 e. The van der Waals surface area contributed by atoms with Gasteiger partial charge in [0.05, 0.1) is 17.8 Å². The van der Waals surface area contributed by atoms with Gasteiger partial charge in [-0.1, -0.05) is 24.4 Å². The van der Waals surface area contributed by atoms with Gasteiger partial charge < -0.3 is 19.7 Å². The van der Waals surface area contributed by atoms with E-state index in [4.69, 9.17) is 11.6 Å². The first-order valence-electron chi connectivity index (χ1n) is 11.8. The highest BCUT2D eigenvalue weighted by molar-refractivity contribution is 7.13. The van der Waals surface area contributed by atoms with Crippen LogP contribution in [-0.4, -0.2) is 76.3 Å². The Labute approximate surface area is 208 Å². The molecule has 2 aliphatic rings. The van der Waals surface area contributed by atoms with Crippen LogP contribution in [0.3, 0.4) is 0 Å². The molecule has 0 saturated heterocycles. The highest BCUT2D eigenvalue weighted by atomic mass is 35.5. The minimum atomic E-state index is -0.0715. The number of H-pyrrole nitrogens is 1. The van der Waals surface area contributed by atoms with Gasteiger partial charge >= 0.3 is 0 Å². The maximum absolute atomic E-state index is 13.4. The lowest BCUT2D eigenvalue weighted by molar-refractivity contribution is 0.0418. The Hall–Kier alpha value is -2.42. The summed E-state index contributed by atoms with van der Waals surface area (Å²) in [6.07, 6.45) is 4.72. The van der Waals surface area contributed by atoms with Gasteiger partial charge in [0.25, 0.3) is 11.8 Å². The number of rotatable bonds is 4. The maximum atomic E-state index is 13.4. The van der Waals surface area contributed by atoms with Gasteiger partial charge in [-0.2, -0.15) is 0 Å². The molecule has 180 valence electrons. The van der Waals surface area contributed by atoms with E-state index in [0.29, 0.717) is 15.7 Å². The van der Waals surface area contributed by atoms with E-state index >= 15 is 0 Å². The van der Waals surface area contributed by atoms with Crippen molar-refractivity contribution < 1.29 is 9.59 Å². The van der Waals surface area contributed by atoms with E-state index in [2.05, 4.69) is 21.9 Å². The first-order valence-corrected chi connectivity index (χ1v) is 13.0. The highest BCUT2D eigenvalue weighted by Crippen LogP contribution is 2.31. The fraction of sp³-hybridized carbons (Fsp3) is 0.480. The van der Waals surface area contributed by atoms with Crippen molar-refractivity contribution in [3.05, 3.63) is 50.6 Å². The second-order valence-electron chi connectivity index (χ2n) is 9.54. The molecule has 9 heteroatoms. The van der Waals surface area contributed by atoms with Gasteiger partial charge in [0, 0.05) is 54.4 Å². The van der Waals surface area contributed by atoms with Crippen LogP contribution in [0.2, 0.25) is 5.02 Å². The number of nitrogens with one attached hydrogen (secondary N) is 1. The first-order chi connectivity index (χ1) is 16.3. The number of thiazole rings is 1. The number of benzene rings is 1. The predicted molar refractivity (Wildman–Crippen MR) is 136 cm³/mol. The normalized spacial score (nSPS) is 20.8. The van der Waals surface area contributed by atoms with E-state index in [1.165, 1.54) is 16.2 Å². The lowest BCUT2D eigenvalue weighted by Gasteiger charge is -2.42. The van der Waals surface area contributed by atoms with Crippen LogP contribution in [-0.2, 0) is 13.0 Å². The van der Waals surface area contributed by atoms with Gasteiger partial charge in [-0.3, -0.25) is 9.59 Å². The zero-order valence-corrected chi connectivity index (χ0v) is 21.4. The summed E-state index contributed by atoms with van der Waals surface area (Å²) in [6.45, 7) is 1.82. The van der Waals surface area contributed by atoms with E-state index in [9.17, 15) is 9.59 Å². The molecule has 3 heterocycles. The van der Waals surface area contributed by atoms with Gasteiger partial charge in [-0.15, -0.1) is 11.3 Å². The monoisotopic (exact) mass is 499 g/mol. The number of aromatic nitrogens is 2. The molecular formula is C25H30ClN5O2S. The number of likely N-dealkylation sites (N-methyl/N-ethyl adjacent to an activating group) is 3. The summed E-state index contributed by atoms with van der Waals surface area (Å²) in [5.74, 6) is -0.113. The second kappa shape index (κ2) is 9.32. The van der Waals surface area contributed by atoms with Gasteiger partial charge in [-0.05, 0) is 44.2 Å². The van der Waals surface area contributed by atoms with Crippen LogP contribution in [0.25, 0.3) is 10.9 Å². The molecule has 5 rings (SSSR count). The Morgan fingerprint density at radius 1 is 1.12 bits per heavy atom. The van der Waals surface area contributed by atoms with Crippen molar-refractivity contribution in [2.45, 2.75) is 50.7 Å². The van der Waals surface area contributed by atoms with Crippen molar-refractivity contribution in [1.82, 2.24) is 24.7 Å². The molecule has 3 aromatic rings. The summed E-state index contributed by atoms with van der Waals surface area (Å²) in [5, 5.41) is 2.12. The standard InChI is InChI=1S/C25H30ClN5O2S/c1-29-11-10-18-22(14-29)34-23(28-18)25(33)31(3)21-7-5-4-6-20(21)30(2)24(32)19-13-15-12-16(26)8-9-17(15)27-19/h8-9,12-13,20-21,27H,4-7,10-11,14H2,1-3H3/t20-,21+/m1/s1. The number of nitrogens with zero attached hydrogens (tertiary/aromatic N) is 4. The van der Waals surface area contributed by atoms with Crippen molar-refractivity contribution in [2.75, 3.05) is 27.7 Å². The third-order valence-corrected chi connectivity index (χ3v) is 8.55. The molecule has 1 N–H and O–H groups in total. The van der Waals surface area contributed by atoms with Gasteiger partial charge in [0.2, 0.25) is 0 Å². The van der Waals surface area contributed by atoms with Gasteiger partial charge in [-0.25, -0.2) is 4.98 Å². The van der Waals surface area contributed by atoms with Gasteiger partial charge in [0.1, 0.15) is 5.69 Å². The zero-order chi connectivity index (χ0) is 24.0. The van der Waals surface area contributed by atoms with E-state index < -0.39 is 0 Å². The summed E-state index contributed by atoms with van der Waals surface area (Å²) in [5.41, 5.74) is 2.48. The third-order valence-electron chi connectivity index (χ3n) is 7.25. The number of carbonyl (C=O) groups excluding carboxylic acids is 2. The number of amides is 2. The highest BCUT2D eigenvalue weighted by Gasteiger charge is 2.37. The van der Waals surface area contributed by atoms with E-state index in [1.807, 2.05) is 48.2 Å². The largest absolute Gasteiger partial charge is 0.351 e. The number of halogens is 1. The number of hydrogen-bond acceptors (Lipinski definition) is 5. The molecular weight excluding hydrogens is 470 g/mol. The molecule has 1 fully saturated rings. The molecule has 2 amide bonds. The number of carbonyl (C=O) groups is 2. The predicted octanol–water partition coefficient (Wildman–Crippen LogP) is 4.42.